The first-order valence-electron chi connectivity index (χ1n) is 50.9. The van der Waals surface area contributed by atoms with Crippen LogP contribution in [0.1, 0.15) is 96.8 Å². The van der Waals surface area contributed by atoms with Crippen LogP contribution in [0.4, 0.5) is 0 Å². The Kier molecular flexibility index (Phi) is 34.1. The number of Topliss-reactive ketones (excluding diaryl/α,β-unsaturated/α-hetero) is 2. The van der Waals surface area contributed by atoms with E-state index in [1.165, 1.54) is 108 Å². The van der Waals surface area contributed by atoms with Crippen molar-refractivity contribution >= 4 is 177 Å². The number of aromatic nitrogens is 3. The number of ketones is 2. The van der Waals surface area contributed by atoms with Gasteiger partial charge in [0, 0.05) is 97.9 Å². The van der Waals surface area contributed by atoms with Gasteiger partial charge in [-0.1, -0.05) is 291 Å². The summed E-state index contributed by atoms with van der Waals surface area (Å²) in [7, 11) is -3.29. The quantitative estimate of drug-likeness (QED) is 0.0305. The number of carbonyl (C=O) groups is 2. The number of para-hydroxylation sites is 2. The van der Waals surface area contributed by atoms with Crippen molar-refractivity contribution < 1.29 is 61.8 Å². The lowest BCUT2D eigenvalue weighted by Crippen LogP contribution is -2.29. The summed E-state index contributed by atoms with van der Waals surface area (Å²) in [6.07, 6.45) is 15.7. The Labute approximate surface area is 874 Å². The summed E-state index contributed by atoms with van der Waals surface area (Å²) in [6, 6.07) is 106. The number of fused-ring (bicyclic) bond motifs is 11. The van der Waals surface area contributed by atoms with Gasteiger partial charge in [0.05, 0.1) is 66.3 Å². The molecule has 17 nitrogen and oxygen atoms in total. The van der Waals surface area contributed by atoms with Gasteiger partial charge in [-0.2, -0.15) is 5.26 Å². The zero-order valence-corrected chi connectivity index (χ0v) is 86.7. The van der Waals surface area contributed by atoms with E-state index in [1.54, 1.807) is 54.7 Å². The van der Waals surface area contributed by atoms with Crippen molar-refractivity contribution in [1.82, 2.24) is 13.7 Å². The first kappa shape index (κ1) is 104. The molecule has 0 bridgehead atoms. The number of aliphatic hydroxyl groups is 1. The molecule has 0 fully saturated rings. The lowest BCUT2D eigenvalue weighted by molar-refractivity contribution is -0.118. The normalized spacial score (nSPS) is 13.9. The van der Waals surface area contributed by atoms with Crippen molar-refractivity contribution in [3.05, 3.63) is 411 Å². The van der Waals surface area contributed by atoms with Crippen molar-refractivity contribution in [1.29, 1.82) is 5.26 Å². The van der Waals surface area contributed by atoms with Crippen molar-refractivity contribution in [2.75, 3.05) is 5.75 Å². The van der Waals surface area contributed by atoms with Gasteiger partial charge in [-0.3, -0.25) is 9.59 Å². The molecule has 8 aliphatic heterocycles. The molecule has 0 spiro atoms. The Morgan fingerprint density at radius 2 is 0.864 bits per heavy atom. The maximum Gasteiger partial charge on any atom is 0.324 e. The van der Waals surface area contributed by atoms with Crippen LogP contribution < -0.4 is 43.7 Å². The molecule has 17 aromatic rings. The van der Waals surface area contributed by atoms with Crippen LogP contribution >= 0.6 is 23.5 Å². The summed E-state index contributed by atoms with van der Waals surface area (Å²) >= 11 is 3.51. The number of thioether (sulfide) groups is 1. The molecule has 8 aliphatic rings. The third kappa shape index (κ3) is 25.0. The van der Waals surface area contributed by atoms with Crippen molar-refractivity contribution in [2.24, 2.45) is 0 Å². The number of carbonyl (C=O) groups excluding carboxylic acids is 2. The molecule has 3 aromatic heterocycles. The van der Waals surface area contributed by atoms with Gasteiger partial charge < -0.3 is 57.5 Å². The number of aryl methyl sites for hydroxylation is 6. The summed E-state index contributed by atoms with van der Waals surface area (Å²) in [4.78, 5) is 27.1. The average Bonchev–Trinajstić information content (AvgIpc) is 1.60. The van der Waals surface area contributed by atoms with Crippen LogP contribution in [0.25, 0.3) is 49.8 Å². The second-order valence-corrected chi connectivity index (χ2v) is 43.3. The first-order valence-corrected chi connectivity index (χ1v) is 54.4. The number of benzene rings is 14. The van der Waals surface area contributed by atoms with Gasteiger partial charge in [0.1, 0.15) is 11.6 Å². The Morgan fingerprint density at radius 1 is 0.408 bits per heavy atom. The van der Waals surface area contributed by atoms with E-state index < -0.39 is 9.84 Å². The molecule has 0 radical (unpaired) electrons. The van der Waals surface area contributed by atoms with Crippen LogP contribution in [-0.4, -0.2) is 120 Å². The number of nitriles is 1. The highest BCUT2D eigenvalue weighted by atomic mass is 32.2. The predicted molar refractivity (Wildman–Crippen MR) is 608 cm³/mol. The Morgan fingerprint density at radius 3 is 1.41 bits per heavy atom. The summed E-state index contributed by atoms with van der Waals surface area (Å²) in [5.74, 6) is 1.28. The fraction of sp³-hybridized carbons (Fsp3) is 0.218. The van der Waals surface area contributed by atoms with Gasteiger partial charge in [0.15, 0.2) is 9.84 Å². The summed E-state index contributed by atoms with van der Waals surface area (Å²) in [6.45, 7) is 16.2. The zero-order valence-electron chi connectivity index (χ0n) is 84.2. The van der Waals surface area contributed by atoms with E-state index in [0.717, 1.165) is 147 Å². The van der Waals surface area contributed by atoms with Gasteiger partial charge in [0.2, 0.25) is 0 Å². The number of aliphatic hydroxyl groups excluding tert-OH is 1. The number of hydrogen-bond donors (Lipinski definition) is 5. The topological polar surface area (TPSA) is 245 Å². The average molecular weight is 1990 g/mol. The molecule has 28 heteroatoms. The molecule has 25 rings (SSSR count). The number of hydrogen-bond acceptors (Lipinski definition) is 16. The SMILES string of the molecule is CB1OCc2ccc(CC(=O)Cc3ccccc3)cc21.CB1OCc2ccc(CC(C)=O)cc21.CB1OCc2ccc(CS(=O)(=O)c3ccccc3)cc21.CB1OCc2cccc(C)c21.Cc1ccc2c(ccn2-c2ccc3c(c2)B(O)CC3)c1.N#CCCSc1cn(-c2ccc3c(c2)B(O)CC3)c2ccccc12.OB1CCc2ccc(-n3cc(Sc4ccccc4)c4ccccc43)cc21.OCc1cccc2c1B(O)CC2. The third-order valence-electron chi connectivity index (χ3n) is 28.8. The van der Waals surface area contributed by atoms with Crippen LogP contribution in [0.15, 0.2) is 348 Å². The molecule has 0 saturated heterocycles. The number of nitrogens with zero attached hydrogens (tertiary/aromatic N) is 4. The number of sulfone groups is 1. The molecule has 734 valence electrons. The van der Waals surface area contributed by atoms with Gasteiger partial charge in [-0.15, -0.1) is 11.8 Å². The second-order valence-electron chi connectivity index (χ2n) is 39.1. The zero-order chi connectivity index (χ0) is 102. The second kappa shape index (κ2) is 48.1. The van der Waals surface area contributed by atoms with E-state index in [9.17, 15) is 38.1 Å². The van der Waals surface area contributed by atoms with E-state index in [-0.39, 0.29) is 72.3 Å². The smallest absolute Gasteiger partial charge is 0.324 e. The van der Waals surface area contributed by atoms with Crippen LogP contribution in [-0.2, 0) is 122 Å². The minimum Gasteiger partial charge on any atom is -0.446 e. The van der Waals surface area contributed by atoms with E-state index in [4.69, 9.17) is 29.0 Å². The lowest BCUT2D eigenvalue weighted by atomic mass is 9.61. The maximum atomic E-state index is 12.4. The van der Waals surface area contributed by atoms with Crippen LogP contribution in [0.2, 0.25) is 52.6 Å². The van der Waals surface area contributed by atoms with Crippen LogP contribution in [0.3, 0.4) is 0 Å². The summed E-state index contributed by atoms with van der Waals surface area (Å²) in [5.41, 5.74) is 33.6. The van der Waals surface area contributed by atoms with Gasteiger partial charge in [0.25, 0.3) is 0 Å². The molecule has 11 heterocycles. The Hall–Kier alpha value is -12.7. The molecule has 0 saturated carbocycles. The molecule has 0 unspecified atom stereocenters. The van der Waals surface area contributed by atoms with Gasteiger partial charge in [-0.05, 0) is 257 Å². The third-order valence-corrected chi connectivity index (χ3v) is 32.6. The van der Waals surface area contributed by atoms with Crippen LogP contribution in [0, 0.1) is 25.2 Å². The molecule has 0 amide bonds. The highest BCUT2D eigenvalue weighted by Gasteiger charge is 2.33. The molecule has 0 atom stereocenters. The van der Waals surface area contributed by atoms with E-state index in [1.807, 2.05) is 117 Å². The standard InChI is InChI=1S/C22H18BNOS.C19H17BN2OS.C17H16BNO.C17H17BO2.C15H15BO3S.C11H13BO2.C9H11BO2.C9H11BO/c25-23-13-12-16-10-11-17(14-20(16)23)24-15-22(19-8-4-5-9-21(19)24)26-18-6-2-1-3-7-18;21-10-3-11-24-19-13-22(18-5-2-1-4-16(18)19)15-7-6-14-8-9-20(23)17(14)12-15;1-12-2-5-17-14(10-12)7-9-19(17)15-4-3-13-6-8-18(20)16(13)11-15;1-18-17-11-14(7-8-15(17)12-20-18)10-16(19)9-13-5-3-2-4-6-13;1-16-15-9-12(7-8-13(15)10-19-16)11-20(17,18)14-5-3-2-4-6-14;1-8(13)5-9-3-4-10-7-14-12(2)11(10)6-9;11-6-8-3-1-2-7-4-5-10(12)9(7)8;1-7-4-3-5-8-6-11-10(2)9(7)8/h1-11,14-15,25H,12-13H2;1-2,4-7,12-13,23H,3,8-9,11H2;2-5,7,9-11,20H,6,8H2,1H3;2-8,11H,9-10,12H2,1H3;2-9H,10-11H2,1H3;3-4,6H,5,7H2,1-2H3;1-3,11-12H,4-6H2;3-5H,6H2,1-2H3. The predicted octanol–water partition coefficient (Wildman–Crippen LogP) is 17.5. The number of rotatable bonds is 18. The highest BCUT2D eigenvalue weighted by molar-refractivity contribution is 7.99. The van der Waals surface area contributed by atoms with Gasteiger partial charge in [-0.25, -0.2) is 8.42 Å². The Balaban J connectivity index is 0.000000112. The minimum absolute atomic E-state index is 0.0248. The lowest BCUT2D eigenvalue weighted by Gasteiger charge is -2.09. The molecule has 14 aromatic carbocycles. The van der Waals surface area contributed by atoms with E-state index >= 15 is 0 Å². The Bertz CT molecular complexity index is 7780. The van der Waals surface area contributed by atoms with E-state index in [0.29, 0.717) is 57.3 Å². The summed E-state index contributed by atoms with van der Waals surface area (Å²) < 4.78 is 53.5. The minimum atomic E-state index is -3.29. The van der Waals surface area contributed by atoms with Crippen molar-refractivity contribution in [3.63, 3.8) is 0 Å². The largest absolute Gasteiger partial charge is 0.446 e. The van der Waals surface area contributed by atoms with Crippen molar-refractivity contribution in [3.8, 4) is 23.1 Å². The molecular formula is C119H118B8N4O13S3. The van der Waals surface area contributed by atoms with Crippen molar-refractivity contribution in [2.45, 2.75) is 183 Å². The fourth-order valence-corrected chi connectivity index (χ4v) is 24.3. The fourth-order valence-electron chi connectivity index (χ4n) is 21.0. The summed E-state index contributed by atoms with van der Waals surface area (Å²) in [5, 5.41) is 61.5. The monoisotopic (exact) mass is 1990 g/mol. The van der Waals surface area contributed by atoms with Gasteiger partial charge >= 0.3 is 55.3 Å². The molecule has 5 N–H and O–H groups in total. The molecule has 0 aliphatic carbocycles. The van der Waals surface area contributed by atoms with E-state index in [2.05, 4.69) is 248 Å². The van der Waals surface area contributed by atoms with Crippen LogP contribution in [0.5, 0.6) is 0 Å². The maximum absolute atomic E-state index is 12.4. The molecular weight excluding hydrogens is 1880 g/mol. The highest BCUT2D eigenvalue weighted by Crippen LogP contribution is 2.38. The first-order chi connectivity index (χ1) is 71.3. The molecule has 147 heavy (non-hydrogen) atoms.